The third-order valence-electron chi connectivity index (χ3n) is 2.90. The summed E-state index contributed by atoms with van der Waals surface area (Å²) in [5.74, 6) is -0.514. The minimum absolute atomic E-state index is 0.00318. The average molecular weight is 302 g/mol. The number of hydrogen-bond donors (Lipinski definition) is 0. The van der Waals surface area contributed by atoms with Crippen molar-refractivity contribution in [2.24, 2.45) is 0 Å². The molecule has 0 radical (unpaired) electrons. The zero-order valence-electron chi connectivity index (χ0n) is 10.4. The number of rotatable bonds is 3. The first kappa shape index (κ1) is 14.3. The molecule has 1 aliphatic heterocycles. The number of carbonyl (C=O) groups is 2. The zero-order chi connectivity index (χ0) is 14.0. The maximum absolute atomic E-state index is 13.3. The van der Waals surface area contributed by atoms with Crippen LogP contribution in [0.1, 0.15) is 18.9 Å². The van der Waals surface area contributed by atoms with E-state index in [1.807, 2.05) is 0 Å². The molecule has 1 amide bonds. The molecule has 1 aromatic carbocycles. The van der Waals surface area contributed by atoms with Crippen LogP contribution >= 0.6 is 23.4 Å². The first-order valence-electron chi connectivity index (χ1n) is 5.85. The molecule has 0 saturated carbocycles. The smallest absolute Gasteiger partial charge is 0.224 e. The van der Waals surface area contributed by atoms with Crippen molar-refractivity contribution in [1.82, 2.24) is 4.90 Å². The summed E-state index contributed by atoms with van der Waals surface area (Å²) in [6, 6.07) is 4.55. The van der Waals surface area contributed by atoms with E-state index in [2.05, 4.69) is 0 Å². The number of thioether (sulfide) groups is 1. The molecule has 1 unspecified atom stereocenters. The first-order valence-corrected chi connectivity index (χ1v) is 7.11. The largest absolute Gasteiger partial charge is 0.337 e. The van der Waals surface area contributed by atoms with Crippen LogP contribution in [0.5, 0.6) is 0 Å². The second-order valence-electron chi connectivity index (χ2n) is 4.42. The molecule has 0 spiro atoms. The van der Waals surface area contributed by atoms with Crippen LogP contribution in [0.3, 0.4) is 0 Å². The summed E-state index contributed by atoms with van der Waals surface area (Å²) in [5, 5.41) is 0.0405. The van der Waals surface area contributed by atoms with Crippen LogP contribution < -0.4 is 0 Å². The zero-order valence-corrected chi connectivity index (χ0v) is 11.9. The summed E-state index contributed by atoms with van der Waals surface area (Å²) in [6.45, 7) is 2.27. The van der Waals surface area contributed by atoms with E-state index in [1.54, 1.807) is 17.0 Å². The molecule has 1 saturated heterocycles. The highest BCUT2D eigenvalue weighted by molar-refractivity contribution is 8.14. The SMILES string of the molecule is CC(=O)SC1CC(=O)N(Cc2cccc(F)c2Cl)C1. The summed E-state index contributed by atoms with van der Waals surface area (Å²) < 4.78 is 13.3. The molecule has 1 aliphatic rings. The second kappa shape index (κ2) is 5.92. The van der Waals surface area contributed by atoms with E-state index in [0.29, 0.717) is 18.5 Å². The van der Waals surface area contributed by atoms with Crippen molar-refractivity contribution in [3.63, 3.8) is 0 Å². The third kappa shape index (κ3) is 3.48. The van der Waals surface area contributed by atoms with Crippen molar-refractivity contribution in [3.05, 3.63) is 34.6 Å². The van der Waals surface area contributed by atoms with E-state index in [0.717, 1.165) is 0 Å². The van der Waals surface area contributed by atoms with Gasteiger partial charge >= 0.3 is 0 Å². The van der Waals surface area contributed by atoms with Crippen LogP contribution in [0.2, 0.25) is 5.02 Å². The summed E-state index contributed by atoms with van der Waals surface area (Å²) in [7, 11) is 0. The van der Waals surface area contributed by atoms with E-state index < -0.39 is 5.82 Å². The Balaban J connectivity index is 2.05. The van der Waals surface area contributed by atoms with Gasteiger partial charge in [-0.25, -0.2) is 4.39 Å². The lowest BCUT2D eigenvalue weighted by Gasteiger charge is -2.17. The molecule has 1 fully saturated rings. The Labute approximate surface area is 120 Å². The molecule has 0 aliphatic carbocycles. The first-order chi connectivity index (χ1) is 8.97. The molecule has 0 bridgehead atoms. The lowest BCUT2D eigenvalue weighted by atomic mass is 10.2. The topological polar surface area (TPSA) is 37.4 Å². The molecular weight excluding hydrogens is 289 g/mol. The number of likely N-dealkylation sites (tertiary alicyclic amines) is 1. The van der Waals surface area contributed by atoms with Gasteiger partial charge in [0.05, 0.1) is 5.02 Å². The number of amides is 1. The monoisotopic (exact) mass is 301 g/mol. The predicted molar refractivity (Wildman–Crippen MR) is 73.5 cm³/mol. The van der Waals surface area contributed by atoms with Gasteiger partial charge in [0, 0.05) is 31.7 Å². The van der Waals surface area contributed by atoms with Gasteiger partial charge in [0.15, 0.2) is 5.12 Å². The molecule has 0 N–H and O–H groups in total. The minimum atomic E-state index is -0.486. The highest BCUT2D eigenvalue weighted by Crippen LogP contribution is 2.27. The van der Waals surface area contributed by atoms with E-state index in [4.69, 9.17) is 11.6 Å². The van der Waals surface area contributed by atoms with Crippen molar-refractivity contribution < 1.29 is 14.0 Å². The van der Waals surface area contributed by atoms with Crippen molar-refractivity contribution in [3.8, 4) is 0 Å². The second-order valence-corrected chi connectivity index (χ2v) is 6.28. The maximum Gasteiger partial charge on any atom is 0.224 e. The van der Waals surface area contributed by atoms with Crippen LogP contribution in [-0.2, 0) is 16.1 Å². The Morgan fingerprint density at radius 2 is 2.32 bits per heavy atom. The lowest BCUT2D eigenvalue weighted by molar-refractivity contribution is -0.128. The van der Waals surface area contributed by atoms with Gasteiger partial charge in [0.2, 0.25) is 5.91 Å². The Morgan fingerprint density at radius 3 is 3.00 bits per heavy atom. The lowest BCUT2D eigenvalue weighted by Crippen LogP contribution is -2.25. The maximum atomic E-state index is 13.3. The van der Waals surface area contributed by atoms with E-state index >= 15 is 0 Å². The van der Waals surface area contributed by atoms with Crippen molar-refractivity contribution in [1.29, 1.82) is 0 Å². The molecule has 19 heavy (non-hydrogen) atoms. The summed E-state index contributed by atoms with van der Waals surface area (Å²) in [5.41, 5.74) is 0.587. The molecular formula is C13H13ClFNO2S. The number of nitrogens with zero attached hydrogens (tertiary/aromatic N) is 1. The van der Waals surface area contributed by atoms with E-state index in [9.17, 15) is 14.0 Å². The van der Waals surface area contributed by atoms with Crippen LogP contribution in [0, 0.1) is 5.82 Å². The van der Waals surface area contributed by atoms with Crippen molar-refractivity contribution >= 4 is 34.4 Å². The number of halogens is 2. The van der Waals surface area contributed by atoms with Gasteiger partial charge < -0.3 is 4.90 Å². The number of carbonyl (C=O) groups excluding carboxylic acids is 2. The van der Waals surface area contributed by atoms with Crippen LogP contribution in [-0.4, -0.2) is 27.7 Å². The van der Waals surface area contributed by atoms with Gasteiger partial charge in [0.1, 0.15) is 5.82 Å². The summed E-state index contributed by atoms with van der Waals surface area (Å²) >= 11 is 7.05. The predicted octanol–water partition coefficient (Wildman–Crippen LogP) is 2.86. The fourth-order valence-electron chi connectivity index (χ4n) is 2.08. The van der Waals surface area contributed by atoms with Crippen LogP contribution in [0.4, 0.5) is 4.39 Å². The quantitative estimate of drug-likeness (QED) is 0.861. The molecule has 1 heterocycles. The van der Waals surface area contributed by atoms with Crippen LogP contribution in [0.25, 0.3) is 0 Å². The van der Waals surface area contributed by atoms with Gasteiger partial charge in [0.25, 0.3) is 0 Å². The average Bonchev–Trinajstić information content (AvgIpc) is 2.64. The highest BCUT2D eigenvalue weighted by Gasteiger charge is 2.31. The summed E-state index contributed by atoms with van der Waals surface area (Å²) in [6.07, 6.45) is 0.344. The molecule has 1 aromatic rings. The summed E-state index contributed by atoms with van der Waals surface area (Å²) in [4.78, 5) is 24.5. The Bertz CT molecular complexity index is 523. The Hall–Kier alpha value is -1.07. The van der Waals surface area contributed by atoms with Gasteiger partial charge in [-0.3, -0.25) is 9.59 Å². The van der Waals surface area contributed by atoms with Crippen molar-refractivity contribution in [2.45, 2.75) is 25.1 Å². The highest BCUT2D eigenvalue weighted by atomic mass is 35.5. The van der Waals surface area contributed by atoms with Crippen LogP contribution in [0.15, 0.2) is 18.2 Å². The molecule has 1 atom stereocenters. The molecule has 3 nitrogen and oxygen atoms in total. The standard InChI is InChI=1S/C13H13ClFNO2S/c1-8(17)19-10-5-12(18)16(7-10)6-9-3-2-4-11(15)13(9)14/h2-4,10H,5-7H2,1H3. The normalized spacial score (nSPS) is 19.0. The third-order valence-corrected chi connectivity index (χ3v) is 4.31. The Kier molecular flexibility index (Phi) is 4.47. The van der Waals surface area contributed by atoms with Crippen molar-refractivity contribution in [2.75, 3.05) is 6.54 Å². The fraction of sp³-hybridized carbons (Fsp3) is 0.385. The minimum Gasteiger partial charge on any atom is -0.337 e. The fourth-order valence-corrected chi connectivity index (χ4v) is 3.21. The molecule has 0 aromatic heterocycles. The molecule has 6 heteroatoms. The van der Waals surface area contributed by atoms with Gasteiger partial charge in [-0.2, -0.15) is 0 Å². The number of hydrogen-bond acceptors (Lipinski definition) is 3. The number of benzene rings is 1. The van der Waals surface area contributed by atoms with E-state index in [-0.39, 0.29) is 27.8 Å². The van der Waals surface area contributed by atoms with Gasteiger partial charge in [-0.05, 0) is 11.6 Å². The van der Waals surface area contributed by atoms with Gasteiger partial charge in [-0.1, -0.05) is 35.5 Å². The Morgan fingerprint density at radius 1 is 1.58 bits per heavy atom. The molecule has 102 valence electrons. The van der Waals surface area contributed by atoms with Gasteiger partial charge in [-0.15, -0.1) is 0 Å². The van der Waals surface area contributed by atoms with E-state index in [1.165, 1.54) is 24.8 Å². The molecule has 2 rings (SSSR count).